The van der Waals surface area contributed by atoms with Crippen LogP contribution in [0.15, 0.2) is 42.2 Å². The summed E-state index contributed by atoms with van der Waals surface area (Å²) >= 11 is -1.39. The van der Waals surface area contributed by atoms with Gasteiger partial charge in [0.1, 0.15) is 0 Å². The Kier molecular flexibility index (Phi) is 3.33. The number of hydrogen-bond acceptors (Lipinski definition) is 0. The first kappa shape index (κ1) is 12.0. The van der Waals surface area contributed by atoms with Crippen molar-refractivity contribution in [2.24, 2.45) is 0 Å². The van der Waals surface area contributed by atoms with E-state index < -0.39 is 17.4 Å². The van der Waals surface area contributed by atoms with Crippen LogP contribution >= 0.6 is 0 Å². The van der Waals surface area contributed by atoms with E-state index in [-0.39, 0.29) is 0 Å². The zero-order valence-corrected chi connectivity index (χ0v) is 12.3. The summed E-state index contributed by atoms with van der Waals surface area (Å²) in [6, 6.07) is 0. The maximum absolute atomic E-state index is 4.56. The predicted octanol–water partition coefficient (Wildman–Crippen LogP) is 4.28. The molecule has 84 valence electrons. The Morgan fingerprint density at radius 2 is 1.25 bits per heavy atom. The first-order valence-corrected chi connectivity index (χ1v) is 8.59. The van der Waals surface area contributed by atoms with Crippen LogP contribution in [0.25, 0.3) is 0 Å². The average Bonchev–Trinajstić information content (AvgIpc) is 2.68. The molecule has 0 atom stereocenters. The quantitative estimate of drug-likeness (QED) is 0.639. The Labute approximate surface area is 105 Å². The molecule has 0 heterocycles. The van der Waals surface area contributed by atoms with Crippen molar-refractivity contribution in [1.29, 1.82) is 0 Å². The summed E-state index contributed by atoms with van der Waals surface area (Å²) in [6.07, 6.45) is 7.08. The predicted molar refractivity (Wildman–Crippen MR) is 69.3 cm³/mol. The summed E-state index contributed by atoms with van der Waals surface area (Å²) < 4.78 is 3.38. The van der Waals surface area contributed by atoms with Crippen molar-refractivity contribution in [1.82, 2.24) is 0 Å². The Morgan fingerprint density at radius 1 is 0.875 bits per heavy atom. The van der Waals surface area contributed by atoms with Gasteiger partial charge in [0.2, 0.25) is 0 Å². The van der Waals surface area contributed by atoms with Crippen LogP contribution in [0, 0.1) is 0 Å². The van der Waals surface area contributed by atoms with E-state index in [1.165, 1.54) is 35.1 Å². The average molecular weight is 248 g/mol. The Balaban J connectivity index is 2.24. The Hall–Kier alpha value is -0.456. The minimum absolute atomic E-state index is 1.19. The molecule has 0 nitrogen and oxygen atoms in total. The molecule has 2 aliphatic rings. The standard InChI is InChI=1S/2C7H9.CH2.Ti/c2*1-6-3-4-7(2)5-6;;/h2*5H,3H2,1-2H3;1H2;. The van der Waals surface area contributed by atoms with Gasteiger partial charge in [0.25, 0.3) is 0 Å². The monoisotopic (exact) mass is 248 g/mol. The van der Waals surface area contributed by atoms with Gasteiger partial charge in [-0.05, 0) is 0 Å². The van der Waals surface area contributed by atoms with Gasteiger partial charge in [0, 0.05) is 0 Å². The van der Waals surface area contributed by atoms with Gasteiger partial charge in [0.05, 0.1) is 0 Å². The molecule has 0 spiro atoms. The summed E-state index contributed by atoms with van der Waals surface area (Å²) in [6.45, 7) is 8.99. The number of rotatable bonds is 2. The normalized spacial score (nSPS) is 20.5. The van der Waals surface area contributed by atoms with Crippen molar-refractivity contribution in [3.05, 3.63) is 42.2 Å². The Bertz CT molecular complexity index is 438. The molecule has 2 rings (SSSR count). The molecule has 0 N–H and O–H groups in total. The van der Waals surface area contributed by atoms with E-state index in [4.69, 9.17) is 0 Å². The molecule has 0 bridgehead atoms. The fourth-order valence-electron chi connectivity index (χ4n) is 2.72. The summed E-state index contributed by atoms with van der Waals surface area (Å²) in [5, 5.41) is 0. The molecule has 0 saturated heterocycles. The van der Waals surface area contributed by atoms with Crippen molar-refractivity contribution in [2.45, 2.75) is 40.5 Å². The molecular weight excluding hydrogens is 228 g/mol. The van der Waals surface area contributed by atoms with Gasteiger partial charge in [-0.15, -0.1) is 0 Å². The van der Waals surface area contributed by atoms with Crippen LogP contribution in [0.5, 0.6) is 0 Å². The Morgan fingerprint density at radius 3 is 1.50 bits per heavy atom. The van der Waals surface area contributed by atoms with Crippen LogP contribution in [-0.4, -0.2) is 4.82 Å². The van der Waals surface area contributed by atoms with E-state index in [0.29, 0.717) is 0 Å². The number of hydrogen-bond donors (Lipinski definition) is 0. The van der Waals surface area contributed by atoms with Crippen molar-refractivity contribution in [3.8, 4) is 0 Å². The molecule has 0 unspecified atom stereocenters. The molecule has 0 aromatic carbocycles. The molecular formula is C15H20Ti. The first-order chi connectivity index (χ1) is 7.49. The fraction of sp³-hybridized carbons (Fsp3) is 0.400. The van der Waals surface area contributed by atoms with Crippen LogP contribution in [0.1, 0.15) is 40.5 Å². The zero-order chi connectivity index (χ0) is 11.9. The molecule has 1 heteroatoms. The van der Waals surface area contributed by atoms with Gasteiger partial charge < -0.3 is 0 Å². The van der Waals surface area contributed by atoms with Crippen LogP contribution in [0.3, 0.4) is 0 Å². The van der Waals surface area contributed by atoms with E-state index in [1.807, 2.05) is 0 Å². The topological polar surface area (TPSA) is 0 Å². The third-order valence-electron chi connectivity index (χ3n) is 3.52. The summed E-state index contributed by atoms with van der Waals surface area (Å²) in [5.41, 5.74) is 6.05. The van der Waals surface area contributed by atoms with Crippen molar-refractivity contribution in [2.75, 3.05) is 0 Å². The molecule has 0 aliphatic heterocycles. The number of allylic oxidation sites excluding steroid dienone is 8. The van der Waals surface area contributed by atoms with E-state index in [9.17, 15) is 0 Å². The molecule has 0 aromatic rings. The van der Waals surface area contributed by atoms with E-state index in [0.717, 1.165) is 0 Å². The third kappa shape index (κ3) is 2.14. The van der Waals surface area contributed by atoms with Gasteiger partial charge in [-0.2, -0.15) is 0 Å². The fourth-order valence-corrected chi connectivity index (χ4v) is 6.54. The van der Waals surface area contributed by atoms with Gasteiger partial charge in [-0.1, -0.05) is 0 Å². The molecule has 16 heavy (non-hydrogen) atoms. The molecule has 0 aromatic heterocycles. The van der Waals surface area contributed by atoms with Crippen LogP contribution in [-0.2, 0) is 17.4 Å². The second-order valence-corrected chi connectivity index (χ2v) is 8.52. The van der Waals surface area contributed by atoms with Crippen molar-refractivity contribution in [3.63, 3.8) is 0 Å². The zero-order valence-electron chi connectivity index (χ0n) is 10.8. The van der Waals surface area contributed by atoms with Gasteiger partial charge >= 0.3 is 105 Å². The molecule has 0 fully saturated rings. The minimum atomic E-state index is -1.39. The first-order valence-electron chi connectivity index (χ1n) is 5.92. The SMILES string of the molecule is [CH2]=[Ti]([C]1=C(C)C=C(C)C1)[C]1=C(C)C=C(C)C1. The van der Waals surface area contributed by atoms with Crippen molar-refractivity contribution < 1.29 is 17.4 Å². The van der Waals surface area contributed by atoms with Crippen LogP contribution < -0.4 is 0 Å². The van der Waals surface area contributed by atoms with Gasteiger partial charge in [0.15, 0.2) is 0 Å². The van der Waals surface area contributed by atoms with Crippen molar-refractivity contribution >= 4 is 4.82 Å². The second kappa shape index (κ2) is 4.43. The summed E-state index contributed by atoms with van der Waals surface area (Å²) in [4.78, 5) is 4.56. The summed E-state index contributed by atoms with van der Waals surface area (Å²) in [5.74, 6) is 0. The van der Waals surface area contributed by atoms with E-state index in [1.54, 1.807) is 7.76 Å². The second-order valence-electron chi connectivity index (χ2n) is 5.14. The van der Waals surface area contributed by atoms with E-state index in [2.05, 4.69) is 44.7 Å². The molecule has 0 saturated carbocycles. The van der Waals surface area contributed by atoms with E-state index >= 15 is 0 Å². The molecule has 0 radical (unpaired) electrons. The molecule has 0 amide bonds. The molecule has 2 aliphatic carbocycles. The van der Waals surface area contributed by atoms with Crippen LogP contribution in [0.2, 0.25) is 0 Å². The van der Waals surface area contributed by atoms with Gasteiger partial charge in [-0.25, -0.2) is 0 Å². The van der Waals surface area contributed by atoms with Gasteiger partial charge in [-0.3, -0.25) is 0 Å². The third-order valence-corrected chi connectivity index (χ3v) is 7.58. The van der Waals surface area contributed by atoms with Crippen LogP contribution in [0.4, 0.5) is 0 Å². The summed E-state index contributed by atoms with van der Waals surface area (Å²) in [7, 11) is 0. The maximum atomic E-state index is 4.56.